The zero-order valence-corrected chi connectivity index (χ0v) is 11.9. The Morgan fingerprint density at radius 1 is 1.38 bits per heavy atom. The summed E-state index contributed by atoms with van der Waals surface area (Å²) in [7, 11) is 1.31. The molecule has 112 valence electrons. The number of halogens is 1. The number of fused-ring (bicyclic) bond motifs is 1. The van der Waals surface area contributed by atoms with Gasteiger partial charge in [-0.25, -0.2) is 4.39 Å². The van der Waals surface area contributed by atoms with Crippen molar-refractivity contribution in [1.82, 2.24) is 5.32 Å². The number of hydrogen-bond donors (Lipinski definition) is 1. The molecule has 0 atom stereocenters. The maximum atomic E-state index is 13.6. The molecule has 2 rings (SSSR count). The van der Waals surface area contributed by atoms with E-state index in [4.69, 9.17) is 4.42 Å². The second-order valence-electron chi connectivity index (χ2n) is 4.61. The van der Waals surface area contributed by atoms with Gasteiger partial charge in [-0.2, -0.15) is 0 Å². The standard InChI is InChI=1S/C15H16FNO4/c1-9-10-5-3-6-11(16)14(10)21-13(9)15(19)17-8-4-7-12(18)20-2/h3,5-6H,4,7-8H2,1-2H3,(H,17,19). The van der Waals surface area contributed by atoms with Gasteiger partial charge in [0.2, 0.25) is 0 Å². The Labute approximate surface area is 121 Å². The highest BCUT2D eigenvalue weighted by Gasteiger charge is 2.19. The van der Waals surface area contributed by atoms with E-state index in [0.29, 0.717) is 23.9 Å². The van der Waals surface area contributed by atoms with Crippen LogP contribution in [-0.4, -0.2) is 25.5 Å². The lowest BCUT2D eigenvalue weighted by Gasteiger charge is -2.03. The summed E-state index contributed by atoms with van der Waals surface area (Å²) in [5.74, 6) is -1.16. The molecule has 1 aromatic heterocycles. The Kier molecular flexibility index (Phi) is 4.57. The van der Waals surface area contributed by atoms with Gasteiger partial charge in [0.25, 0.3) is 5.91 Å². The molecule has 0 fully saturated rings. The molecule has 0 aliphatic carbocycles. The molecule has 0 saturated carbocycles. The smallest absolute Gasteiger partial charge is 0.305 e. The van der Waals surface area contributed by atoms with Crippen molar-refractivity contribution in [1.29, 1.82) is 0 Å². The molecule has 1 aromatic carbocycles. The average Bonchev–Trinajstić information content (AvgIpc) is 2.82. The molecule has 0 saturated heterocycles. The summed E-state index contributed by atoms with van der Waals surface area (Å²) in [5, 5.41) is 3.22. The average molecular weight is 293 g/mol. The van der Waals surface area contributed by atoms with Crippen LogP contribution in [0.5, 0.6) is 0 Å². The zero-order valence-electron chi connectivity index (χ0n) is 11.9. The number of carbonyl (C=O) groups is 2. The topological polar surface area (TPSA) is 68.5 Å². The lowest BCUT2D eigenvalue weighted by molar-refractivity contribution is -0.140. The second kappa shape index (κ2) is 6.39. The monoisotopic (exact) mass is 293 g/mol. The van der Waals surface area contributed by atoms with E-state index in [1.54, 1.807) is 19.1 Å². The van der Waals surface area contributed by atoms with Crippen molar-refractivity contribution in [2.45, 2.75) is 19.8 Å². The zero-order chi connectivity index (χ0) is 15.4. The Bertz CT molecular complexity index is 678. The predicted molar refractivity (Wildman–Crippen MR) is 74.5 cm³/mol. The first-order valence-corrected chi connectivity index (χ1v) is 6.57. The number of amides is 1. The van der Waals surface area contributed by atoms with Crippen molar-refractivity contribution < 1.29 is 23.1 Å². The third-order valence-corrected chi connectivity index (χ3v) is 3.19. The minimum atomic E-state index is -0.500. The highest BCUT2D eigenvalue weighted by molar-refractivity contribution is 5.99. The van der Waals surface area contributed by atoms with E-state index in [9.17, 15) is 14.0 Å². The number of para-hydroxylation sites is 1. The first-order valence-electron chi connectivity index (χ1n) is 6.57. The molecule has 0 bridgehead atoms. The van der Waals surface area contributed by atoms with Crippen LogP contribution in [0, 0.1) is 12.7 Å². The van der Waals surface area contributed by atoms with Gasteiger partial charge in [0, 0.05) is 23.9 Å². The molecular weight excluding hydrogens is 277 g/mol. The van der Waals surface area contributed by atoms with E-state index < -0.39 is 11.7 Å². The molecule has 5 nitrogen and oxygen atoms in total. The lowest BCUT2D eigenvalue weighted by atomic mass is 10.1. The Morgan fingerprint density at radius 2 is 2.14 bits per heavy atom. The van der Waals surface area contributed by atoms with Crippen molar-refractivity contribution in [2.24, 2.45) is 0 Å². The largest absolute Gasteiger partial charge is 0.469 e. The van der Waals surface area contributed by atoms with Crippen LogP contribution < -0.4 is 5.32 Å². The van der Waals surface area contributed by atoms with Crippen LogP contribution in [0.25, 0.3) is 11.0 Å². The van der Waals surface area contributed by atoms with Crippen LogP contribution in [0.1, 0.15) is 29.0 Å². The van der Waals surface area contributed by atoms with Crippen LogP contribution in [0.4, 0.5) is 4.39 Å². The maximum Gasteiger partial charge on any atom is 0.305 e. The summed E-state index contributed by atoms with van der Waals surface area (Å²) in [6, 6.07) is 4.55. The summed E-state index contributed by atoms with van der Waals surface area (Å²) >= 11 is 0. The van der Waals surface area contributed by atoms with Gasteiger partial charge in [-0.15, -0.1) is 0 Å². The number of aryl methyl sites for hydroxylation is 1. The summed E-state index contributed by atoms with van der Waals surface area (Å²) in [6.07, 6.45) is 0.691. The van der Waals surface area contributed by atoms with Crippen LogP contribution in [0.2, 0.25) is 0 Å². The van der Waals surface area contributed by atoms with E-state index in [2.05, 4.69) is 10.1 Å². The number of carbonyl (C=O) groups excluding carboxylic acids is 2. The highest BCUT2D eigenvalue weighted by Crippen LogP contribution is 2.27. The van der Waals surface area contributed by atoms with Crippen molar-refractivity contribution >= 4 is 22.8 Å². The SMILES string of the molecule is COC(=O)CCCNC(=O)c1oc2c(F)cccc2c1C. The van der Waals surface area contributed by atoms with Gasteiger partial charge >= 0.3 is 5.97 Å². The minimum absolute atomic E-state index is 0.0784. The number of methoxy groups -OCH3 is 1. The van der Waals surface area contributed by atoms with Crippen LogP contribution >= 0.6 is 0 Å². The van der Waals surface area contributed by atoms with E-state index in [1.165, 1.54) is 13.2 Å². The van der Waals surface area contributed by atoms with Gasteiger partial charge in [0.15, 0.2) is 17.2 Å². The summed E-state index contributed by atoms with van der Waals surface area (Å²) in [4.78, 5) is 23.0. The number of ether oxygens (including phenoxy) is 1. The molecule has 1 N–H and O–H groups in total. The van der Waals surface area contributed by atoms with E-state index in [1.807, 2.05) is 0 Å². The van der Waals surface area contributed by atoms with E-state index >= 15 is 0 Å². The Balaban J connectivity index is 2.05. The fourth-order valence-electron chi connectivity index (χ4n) is 2.04. The fourth-order valence-corrected chi connectivity index (χ4v) is 2.04. The summed E-state index contributed by atoms with van der Waals surface area (Å²) in [6.45, 7) is 2.02. The Morgan fingerprint density at radius 3 is 2.81 bits per heavy atom. The third-order valence-electron chi connectivity index (χ3n) is 3.19. The molecule has 1 amide bonds. The van der Waals surface area contributed by atoms with E-state index in [-0.39, 0.29) is 23.7 Å². The molecule has 0 radical (unpaired) electrons. The predicted octanol–water partition coefficient (Wildman–Crippen LogP) is 2.56. The maximum absolute atomic E-state index is 13.6. The van der Waals surface area contributed by atoms with Gasteiger partial charge in [0.05, 0.1) is 7.11 Å². The quantitative estimate of drug-likeness (QED) is 0.679. The van der Waals surface area contributed by atoms with Crippen LogP contribution in [-0.2, 0) is 9.53 Å². The fraction of sp³-hybridized carbons (Fsp3) is 0.333. The van der Waals surface area contributed by atoms with Gasteiger partial charge in [-0.1, -0.05) is 12.1 Å². The lowest BCUT2D eigenvalue weighted by Crippen LogP contribution is -2.25. The van der Waals surface area contributed by atoms with Gasteiger partial charge in [-0.05, 0) is 19.4 Å². The Hall–Kier alpha value is -2.37. The van der Waals surface area contributed by atoms with Crippen molar-refractivity contribution in [3.8, 4) is 0 Å². The van der Waals surface area contributed by atoms with Gasteiger partial charge < -0.3 is 14.5 Å². The molecule has 0 unspecified atom stereocenters. The van der Waals surface area contributed by atoms with Gasteiger partial charge in [0.1, 0.15) is 0 Å². The number of rotatable bonds is 5. The highest BCUT2D eigenvalue weighted by atomic mass is 19.1. The molecule has 0 spiro atoms. The molecular formula is C15H16FNO4. The minimum Gasteiger partial charge on any atom is -0.469 e. The summed E-state index contributed by atoms with van der Waals surface area (Å²) < 4.78 is 23.4. The molecule has 6 heteroatoms. The molecule has 21 heavy (non-hydrogen) atoms. The normalized spacial score (nSPS) is 10.6. The number of benzene rings is 1. The van der Waals surface area contributed by atoms with Crippen molar-refractivity contribution in [3.63, 3.8) is 0 Å². The number of furan rings is 1. The third kappa shape index (κ3) is 3.21. The second-order valence-corrected chi connectivity index (χ2v) is 4.61. The van der Waals surface area contributed by atoms with Crippen LogP contribution in [0.15, 0.2) is 22.6 Å². The summed E-state index contributed by atoms with van der Waals surface area (Å²) in [5.41, 5.74) is 0.671. The molecule has 2 aromatic rings. The first-order chi connectivity index (χ1) is 10.0. The number of nitrogens with one attached hydrogen (secondary N) is 1. The first kappa shape index (κ1) is 15.0. The van der Waals surface area contributed by atoms with Crippen LogP contribution in [0.3, 0.4) is 0 Å². The van der Waals surface area contributed by atoms with Crippen molar-refractivity contribution in [2.75, 3.05) is 13.7 Å². The van der Waals surface area contributed by atoms with Gasteiger partial charge in [-0.3, -0.25) is 9.59 Å². The molecule has 1 heterocycles. The number of esters is 1. The number of hydrogen-bond acceptors (Lipinski definition) is 4. The molecule has 0 aliphatic heterocycles. The molecule has 0 aliphatic rings. The van der Waals surface area contributed by atoms with Crippen molar-refractivity contribution in [3.05, 3.63) is 35.3 Å². The van der Waals surface area contributed by atoms with E-state index in [0.717, 1.165) is 0 Å².